The summed E-state index contributed by atoms with van der Waals surface area (Å²) in [5, 5.41) is 9.87. The maximum Gasteiger partial charge on any atom is 0.339 e. The second-order valence-electron chi connectivity index (χ2n) is 7.67. The lowest BCUT2D eigenvalue weighted by molar-refractivity contribution is 0.0697. The van der Waals surface area contributed by atoms with E-state index in [-0.39, 0.29) is 16.1 Å². The molecule has 1 aromatic heterocycles. The highest BCUT2D eigenvalue weighted by Gasteiger charge is 2.21. The van der Waals surface area contributed by atoms with Crippen LogP contribution in [0.3, 0.4) is 0 Å². The Kier molecular flexibility index (Phi) is 8.48. The van der Waals surface area contributed by atoms with E-state index in [4.69, 9.17) is 4.74 Å². The molecule has 0 unspecified atom stereocenters. The molecule has 0 spiro atoms. The quantitative estimate of drug-likeness (QED) is 0.381. The van der Waals surface area contributed by atoms with Crippen molar-refractivity contribution in [2.45, 2.75) is 38.1 Å². The van der Waals surface area contributed by atoms with Crippen molar-refractivity contribution < 1.29 is 23.1 Å². The number of ether oxygens (including phenoxy) is 1. The van der Waals surface area contributed by atoms with Gasteiger partial charge in [0.05, 0.1) is 23.4 Å². The van der Waals surface area contributed by atoms with Crippen molar-refractivity contribution in [1.29, 1.82) is 0 Å². The molecule has 34 heavy (non-hydrogen) atoms. The van der Waals surface area contributed by atoms with Gasteiger partial charge in [-0.05, 0) is 49.2 Å². The zero-order valence-corrected chi connectivity index (χ0v) is 20.1. The summed E-state index contributed by atoms with van der Waals surface area (Å²) in [5.74, 6) is -0.320. The first-order valence-electron chi connectivity index (χ1n) is 11.1. The van der Waals surface area contributed by atoms with Crippen LogP contribution in [-0.2, 0) is 16.6 Å². The molecule has 0 aliphatic heterocycles. The Hall–Kier alpha value is -3.59. The number of aromatic nitrogens is 1. The maximum absolute atomic E-state index is 12.8. The molecule has 0 radical (unpaired) electrons. The maximum atomic E-state index is 12.8. The summed E-state index contributed by atoms with van der Waals surface area (Å²) < 4.78 is 33.4. The van der Waals surface area contributed by atoms with E-state index in [1.165, 1.54) is 24.4 Å². The van der Waals surface area contributed by atoms with Gasteiger partial charge in [-0.3, -0.25) is 4.72 Å². The van der Waals surface area contributed by atoms with Gasteiger partial charge in [-0.15, -0.1) is 0 Å². The van der Waals surface area contributed by atoms with Crippen molar-refractivity contribution >= 4 is 27.5 Å². The number of carboxylic acid groups (broad SMARTS) is 1. The highest BCUT2D eigenvalue weighted by molar-refractivity contribution is 7.92. The van der Waals surface area contributed by atoms with Gasteiger partial charge >= 0.3 is 5.97 Å². The first kappa shape index (κ1) is 25.0. The van der Waals surface area contributed by atoms with E-state index in [0.29, 0.717) is 31.3 Å². The third-order valence-corrected chi connectivity index (χ3v) is 6.49. The van der Waals surface area contributed by atoms with Crippen molar-refractivity contribution in [3.05, 3.63) is 78.0 Å². The van der Waals surface area contributed by atoms with Crippen LogP contribution in [-0.4, -0.2) is 37.6 Å². The van der Waals surface area contributed by atoms with E-state index in [1.807, 2.05) is 42.2 Å². The Morgan fingerprint density at radius 1 is 1.09 bits per heavy atom. The van der Waals surface area contributed by atoms with Crippen LogP contribution in [0.5, 0.6) is 5.75 Å². The number of nitrogens with one attached hydrogen (secondary N) is 1. The Morgan fingerprint density at radius 3 is 2.41 bits per heavy atom. The molecule has 1 heterocycles. The molecule has 180 valence electrons. The minimum absolute atomic E-state index is 0.0329. The first-order chi connectivity index (χ1) is 16.3. The molecule has 8 nitrogen and oxygen atoms in total. The molecule has 0 amide bonds. The number of benzene rings is 2. The fourth-order valence-electron chi connectivity index (χ4n) is 3.43. The molecule has 0 aliphatic rings. The van der Waals surface area contributed by atoms with Gasteiger partial charge in [-0.25, -0.2) is 18.2 Å². The summed E-state index contributed by atoms with van der Waals surface area (Å²) in [6.45, 7) is 5.48. The van der Waals surface area contributed by atoms with E-state index in [9.17, 15) is 18.3 Å². The van der Waals surface area contributed by atoms with Crippen LogP contribution in [0.4, 0.5) is 11.5 Å². The molecule has 0 saturated heterocycles. The number of rotatable bonds is 12. The molecule has 9 heteroatoms. The van der Waals surface area contributed by atoms with Crippen LogP contribution in [0.1, 0.15) is 42.6 Å². The van der Waals surface area contributed by atoms with Crippen molar-refractivity contribution in [2.24, 2.45) is 0 Å². The lowest BCUT2D eigenvalue weighted by Gasteiger charge is -2.25. The number of unbranched alkanes of at least 4 members (excludes halogenated alkanes) is 1. The second-order valence-corrected chi connectivity index (χ2v) is 9.35. The zero-order valence-electron chi connectivity index (χ0n) is 19.3. The minimum Gasteiger partial charge on any atom is -0.494 e. The van der Waals surface area contributed by atoms with Crippen LogP contribution in [0.15, 0.2) is 71.8 Å². The molecule has 0 bridgehead atoms. The smallest absolute Gasteiger partial charge is 0.339 e. The predicted octanol–water partition coefficient (Wildman–Crippen LogP) is 4.79. The summed E-state index contributed by atoms with van der Waals surface area (Å²) in [6.07, 6.45) is 3.14. The van der Waals surface area contributed by atoms with Crippen LogP contribution in [0.2, 0.25) is 0 Å². The van der Waals surface area contributed by atoms with Gasteiger partial charge in [0, 0.05) is 13.1 Å². The number of hydrogen-bond donors (Lipinski definition) is 2. The van der Waals surface area contributed by atoms with E-state index in [1.54, 1.807) is 12.1 Å². The number of pyridine rings is 1. The lowest BCUT2D eigenvalue weighted by atomic mass is 10.1. The molecule has 3 aromatic rings. The number of aromatic carboxylic acids is 1. The molecular formula is C25H29N3O5S. The van der Waals surface area contributed by atoms with E-state index in [0.717, 1.165) is 18.4 Å². The highest BCUT2D eigenvalue weighted by Crippen LogP contribution is 2.26. The SMILES string of the molecule is CCCCN(Cc1ccccc1)c1ncc(NS(=O)(=O)c2ccc(OCC)cc2)cc1C(=O)O. The summed E-state index contributed by atoms with van der Waals surface area (Å²) >= 11 is 0. The Balaban J connectivity index is 1.89. The van der Waals surface area contributed by atoms with Gasteiger partial charge in [0.15, 0.2) is 0 Å². The number of sulfonamides is 1. The average Bonchev–Trinajstić information content (AvgIpc) is 2.83. The monoisotopic (exact) mass is 483 g/mol. The minimum atomic E-state index is -3.94. The molecule has 2 N–H and O–H groups in total. The van der Waals surface area contributed by atoms with Crippen molar-refractivity contribution in [1.82, 2.24) is 4.98 Å². The van der Waals surface area contributed by atoms with Crippen LogP contribution < -0.4 is 14.4 Å². The molecule has 0 fully saturated rings. The number of hydrogen-bond acceptors (Lipinski definition) is 6. The first-order valence-corrected chi connectivity index (χ1v) is 12.6. The van der Waals surface area contributed by atoms with Gasteiger partial charge in [-0.1, -0.05) is 43.7 Å². The lowest BCUT2D eigenvalue weighted by Crippen LogP contribution is -2.27. The largest absolute Gasteiger partial charge is 0.494 e. The topological polar surface area (TPSA) is 109 Å². The Labute approximate surface area is 200 Å². The Morgan fingerprint density at radius 2 is 1.79 bits per heavy atom. The summed E-state index contributed by atoms with van der Waals surface area (Å²) in [6, 6.07) is 17.0. The van der Waals surface area contributed by atoms with Gasteiger partial charge < -0.3 is 14.7 Å². The number of anilines is 2. The van der Waals surface area contributed by atoms with E-state index < -0.39 is 16.0 Å². The number of carboxylic acids is 1. The Bertz CT molecular complexity index is 1200. The summed E-state index contributed by atoms with van der Waals surface area (Å²) in [7, 11) is -3.94. The van der Waals surface area contributed by atoms with Crippen molar-refractivity contribution in [3.8, 4) is 5.75 Å². The number of carbonyl (C=O) groups is 1. The van der Waals surface area contributed by atoms with Crippen LogP contribution >= 0.6 is 0 Å². The standard InChI is InChI=1S/C25H29N3O5S/c1-3-5-15-28(18-19-9-7-6-8-10-19)24-23(25(29)30)16-20(17-26-24)27-34(31,32)22-13-11-21(12-14-22)33-4-2/h6-14,16-17,27H,3-5,15,18H2,1-2H3,(H,29,30). The molecule has 3 rings (SSSR count). The van der Waals surface area contributed by atoms with Gasteiger partial charge in [-0.2, -0.15) is 0 Å². The van der Waals surface area contributed by atoms with Gasteiger partial charge in [0.2, 0.25) is 0 Å². The van der Waals surface area contributed by atoms with Crippen LogP contribution in [0, 0.1) is 0 Å². The fraction of sp³-hybridized carbons (Fsp3) is 0.280. The second kappa shape index (κ2) is 11.5. The molecule has 0 atom stereocenters. The normalized spacial score (nSPS) is 11.1. The summed E-state index contributed by atoms with van der Waals surface area (Å²) in [4.78, 5) is 18.4. The summed E-state index contributed by atoms with van der Waals surface area (Å²) in [5.41, 5.74) is 1.03. The van der Waals surface area contributed by atoms with Crippen molar-refractivity contribution in [3.63, 3.8) is 0 Å². The third kappa shape index (κ3) is 6.48. The van der Waals surface area contributed by atoms with E-state index in [2.05, 4.69) is 16.6 Å². The van der Waals surface area contributed by atoms with Gasteiger partial charge in [0.25, 0.3) is 10.0 Å². The highest BCUT2D eigenvalue weighted by atomic mass is 32.2. The van der Waals surface area contributed by atoms with Gasteiger partial charge in [0.1, 0.15) is 17.1 Å². The average molecular weight is 484 g/mol. The van der Waals surface area contributed by atoms with E-state index >= 15 is 0 Å². The van der Waals surface area contributed by atoms with Crippen molar-refractivity contribution in [2.75, 3.05) is 22.8 Å². The molecule has 0 saturated carbocycles. The number of nitrogens with zero attached hydrogens (tertiary/aromatic N) is 2. The predicted molar refractivity (Wildman–Crippen MR) is 132 cm³/mol. The molecular weight excluding hydrogens is 454 g/mol. The van der Waals surface area contributed by atoms with Crippen LogP contribution in [0.25, 0.3) is 0 Å². The fourth-order valence-corrected chi connectivity index (χ4v) is 4.47. The third-order valence-electron chi connectivity index (χ3n) is 5.09. The molecule has 2 aromatic carbocycles. The molecule has 0 aliphatic carbocycles. The zero-order chi connectivity index (χ0) is 24.6.